The number of carboxylic acids is 1. The molecule has 1 aliphatic rings. The molecule has 4 nitrogen and oxygen atoms in total. The van der Waals surface area contributed by atoms with E-state index in [0.717, 1.165) is 38.3 Å². The number of benzene rings is 1. The topological polar surface area (TPSA) is 49.8 Å². The van der Waals surface area contributed by atoms with Crippen LogP contribution < -0.4 is 4.74 Å². The molecule has 1 fully saturated rings. The fourth-order valence-electron chi connectivity index (χ4n) is 2.54. The minimum atomic E-state index is -0.675. The Balaban J connectivity index is 1.79. The maximum absolute atomic E-state index is 10.9. The molecule has 0 aliphatic carbocycles. The maximum Gasteiger partial charge on any atom is 0.307 e. The van der Waals surface area contributed by atoms with Gasteiger partial charge >= 0.3 is 5.97 Å². The normalized spacial score (nSPS) is 19.1. The first kappa shape index (κ1) is 15.8. The molecule has 2 rings (SSSR count). The zero-order valence-electron chi connectivity index (χ0n) is 12.9. The van der Waals surface area contributed by atoms with E-state index >= 15 is 0 Å². The number of carbonyl (C=O) groups is 1. The molecule has 1 N–H and O–H groups in total. The summed E-state index contributed by atoms with van der Waals surface area (Å²) in [7, 11) is 0. The molecule has 1 unspecified atom stereocenters. The summed E-state index contributed by atoms with van der Waals surface area (Å²) < 4.78 is 5.70. The van der Waals surface area contributed by atoms with Gasteiger partial charge < -0.3 is 9.84 Å². The summed E-state index contributed by atoms with van der Waals surface area (Å²) in [4.78, 5) is 13.2. The van der Waals surface area contributed by atoms with E-state index in [9.17, 15) is 4.79 Å². The van der Waals surface area contributed by atoms with Crippen LogP contribution in [0.5, 0.6) is 5.75 Å². The van der Waals surface area contributed by atoms with Crippen LogP contribution in [0.3, 0.4) is 0 Å². The third-order valence-corrected chi connectivity index (χ3v) is 3.92. The predicted octanol–water partition coefficient (Wildman–Crippen LogP) is 3.02. The van der Waals surface area contributed by atoms with Gasteiger partial charge in [0.25, 0.3) is 0 Å². The van der Waals surface area contributed by atoms with Gasteiger partial charge in [-0.3, -0.25) is 9.69 Å². The number of hydrogen-bond acceptors (Lipinski definition) is 3. The van der Waals surface area contributed by atoms with E-state index in [0.29, 0.717) is 12.5 Å². The van der Waals surface area contributed by atoms with Gasteiger partial charge in [0, 0.05) is 13.1 Å². The molecule has 1 atom stereocenters. The zero-order chi connectivity index (χ0) is 15.2. The molecule has 0 saturated carbocycles. The SMILES string of the molecule is CC(C)CCOc1ccc(CN2CCC(C(=O)O)C2)cc1. The number of ether oxygens (including phenoxy) is 1. The number of rotatable bonds is 7. The second kappa shape index (κ2) is 7.46. The number of hydrogen-bond donors (Lipinski definition) is 1. The molecule has 1 aromatic rings. The Labute approximate surface area is 126 Å². The van der Waals surface area contributed by atoms with Crippen LogP contribution in [0.15, 0.2) is 24.3 Å². The Morgan fingerprint density at radius 3 is 2.67 bits per heavy atom. The molecule has 0 radical (unpaired) electrons. The zero-order valence-corrected chi connectivity index (χ0v) is 12.9. The van der Waals surface area contributed by atoms with Crippen molar-refractivity contribution in [3.8, 4) is 5.75 Å². The molecule has 0 bridgehead atoms. The fraction of sp³-hybridized carbons (Fsp3) is 0.588. The van der Waals surface area contributed by atoms with Crippen molar-refractivity contribution in [1.29, 1.82) is 0 Å². The maximum atomic E-state index is 10.9. The van der Waals surface area contributed by atoms with Crippen molar-refractivity contribution in [2.24, 2.45) is 11.8 Å². The minimum Gasteiger partial charge on any atom is -0.494 e. The summed E-state index contributed by atoms with van der Waals surface area (Å²) in [5.41, 5.74) is 1.21. The number of carboxylic acid groups (broad SMARTS) is 1. The molecule has 4 heteroatoms. The fourth-order valence-corrected chi connectivity index (χ4v) is 2.54. The minimum absolute atomic E-state index is 0.205. The lowest BCUT2D eigenvalue weighted by Crippen LogP contribution is -2.22. The second-order valence-electron chi connectivity index (χ2n) is 6.23. The molecule has 1 heterocycles. The quantitative estimate of drug-likeness (QED) is 0.839. The summed E-state index contributed by atoms with van der Waals surface area (Å²) in [6.07, 6.45) is 1.82. The van der Waals surface area contributed by atoms with Gasteiger partial charge in [-0.1, -0.05) is 26.0 Å². The Kier molecular flexibility index (Phi) is 5.62. The van der Waals surface area contributed by atoms with Crippen LogP contribution in [0.25, 0.3) is 0 Å². The van der Waals surface area contributed by atoms with E-state index in [4.69, 9.17) is 9.84 Å². The van der Waals surface area contributed by atoms with Crippen LogP contribution in [0.2, 0.25) is 0 Å². The highest BCUT2D eigenvalue weighted by Crippen LogP contribution is 2.20. The first-order valence-corrected chi connectivity index (χ1v) is 7.71. The van der Waals surface area contributed by atoms with Gasteiger partial charge in [0.15, 0.2) is 0 Å². The molecule has 116 valence electrons. The molecule has 1 saturated heterocycles. The van der Waals surface area contributed by atoms with Crippen molar-refractivity contribution in [3.63, 3.8) is 0 Å². The lowest BCUT2D eigenvalue weighted by molar-refractivity contribution is -0.141. The van der Waals surface area contributed by atoms with Crippen LogP contribution >= 0.6 is 0 Å². The van der Waals surface area contributed by atoms with Gasteiger partial charge in [0.05, 0.1) is 12.5 Å². The first-order chi connectivity index (χ1) is 10.0. The molecule has 0 amide bonds. The van der Waals surface area contributed by atoms with Crippen LogP contribution in [-0.2, 0) is 11.3 Å². The molecule has 21 heavy (non-hydrogen) atoms. The number of likely N-dealkylation sites (tertiary alicyclic amines) is 1. The Morgan fingerprint density at radius 1 is 1.38 bits per heavy atom. The van der Waals surface area contributed by atoms with Gasteiger partial charge in [-0.05, 0) is 43.0 Å². The Bertz CT molecular complexity index is 456. The van der Waals surface area contributed by atoms with Crippen molar-refractivity contribution >= 4 is 5.97 Å². The average Bonchev–Trinajstić information content (AvgIpc) is 2.89. The summed E-state index contributed by atoms with van der Waals surface area (Å²) >= 11 is 0. The van der Waals surface area contributed by atoms with Crippen molar-refractivity contribution in [1.82, 2.24) is 4.90 Å². The molecular weight excluding hydrogens is 266 g/mol. The van der Waals surface area contributed by atoms with E-state index in [1.54, 1.807) is 0 Å². The summed E-state index contributed by atoms with van der Waals surface area (Å²) in [5, 5.41) is 9.01. The van der Waals surface area contributed by atoms with Gasteiger partial charge in [0.1, 0.15) is 5.75 Å². The average molecular weight is 291 g/mol. The van der Waals surface area contributed by atoms with Crippen molar-refractivity contribution in [3.05, 3.63) is 29.8 Å². The van der Waals surface area contributed by atoms with E-state index in [2.05, 4.69) is 30.9 Å². The van der Waals surface area contributed by atoms with Crippen LogP contribution in [0.4, 0.5) is 0 Å². The molecule has 1 aliphatic heterocycles. The van der Waals surface area contributed by atoms with E-state index in [1.165, 1.54) is 5.56 Å². The Morgan fingerprint density at radius 2 is 2.10 bits per heavy atom. The van der Waals surface area contributed by atoms with Crippen LogP contribution in [-0.4, -0.2) is 35.7 Å². The third-order valence-electron chi connectivity index (χ3n) is 3.92. The summed E-state index contributed by atoms with van der Waals surface area (Å²) in [5.74, 6) is 0.681. The summed E-state index contributed by atoms with van der Waals surface area (Å²) in [6, 6.07) is 8.14. The van der Waals surface area contributed by atoms with Gasteiger partial charge in [0.2, 0.25) is 0 Å². The molecule has 1 aromatic carbocycles. The lowest BCUT2D eigenvalue weighted by atomic mass is 10.1. The smallest absolute Gasteiger partial charge is 0.307 e. The standard InChI is InChI=1S/C17H25NO3/c1-13(2)8-10-21-16-5-3-14(4-6-16)11-18-9-7-15(12-18)17(19)20/h3-6,13,15H,7-12H2,1-2H3,(H,19,20). The molecule has 0 aromatic heterocycles. The molecule has 0 spiro atoms. The van der Waals surface area contributed by atoms with Crippen LogP contribution in [0, 0.1) is 11.8 Å². The van der Waals surface area contributed by atoms with Gasteiger partial charge in [-0.15, -0.1) is 0 Å². The van der Waals surface area contributed by atoms with E-state index in [1.807, 2.05) is 12.1 Å². The van der Waals surface area contributed by atoms with Crippen LogP contribution in [0.1, 0.15) is 32.3 Å². The predicted molar refractivity (Wildman–Crippen MR) is 82.4 cm³/mol. The molecular formula is C17H25NO3. The number of aliphatic carboxylic acids is 1. The highest BCUT2D eigenvalue weighted by molar-refractivity contribution is 5.70. The summed E-state index contributed by atoms with van der Waals surface area (Å²) in [6.45, 7) is 7.46. The first-order valence-electron chi connectivity index (χ1n) is 7.71. The lowest BCUT2D eigenvalue weighted by Gasteiger charge is -2.15. The number of nitrogens with zero attached hydrogens (tertiary/aromatic N) is 1. The van der Waals surface area contributed by atoms with Crippen molar-refractivity contribution in [2.45, 2.75) is 33.2 Å². The van der Waals surface area contributed by atoms with Gasteiger partial charge in [-0.25, -0.2) is 0 Å². The van der Waals surface area contributed by atoms with Crippen molar-refractivity contribution < 1.29 is 14.6 Å². The highest BCUT2D eigenvalue weighted by Gasteiger charge is 2.27. The van der Waals surface area contributed by atoms with E-state index < -0.39 is 5.97 Å². The van der Waals surface area contributed by atoms with Crippen molar-refractivity contribution in [2.75, 3.05) is 19.7 Å². The Hall–Kier alpha value is -1.55. The monoisotopic (exact) mass is 291 g/mol. The largest absolute Gasteiger partial charge is 0.494 e. The van der Waals surface area contributed by atoms with E-state index in [-0.39, 0.29) is 5.92 Å². The highest BCUT2D eigenvalue weighted by atomic mass is 16.5. The van der Waals surface area contributed by atoms with Gasteiger partial charge in [-0.2, -0.15) is 0 Å². The third kappa shape index (κ3) is 5.05. The second-order valence-corrected chi connectivity index (χ2v) is 6.23.